The highest BCUT2D eigenvalue weighted by Crippen LogP contribution is 2.17. The lowest BCUT2D eigenvalue weighted by atomic mass is 10.1. The molecule has 0 radical (unpaired) electrons. The molecule has 1 aromatic heterocycles. The second kappa shape index (κ2) is 4.48. The summed E-state index contributed by atoms with van der Waals surface area (Å²) in [5.74, 6) is 5.08. The van der Waals surface area contributed by atoms with Gasteiger partial charge in [-0.25, -0.2) is 5.84 Å². The van der Waals surface area contributed by atoms with Crippen LogP contribution in [0.1, 0.15) is 0 Å². The first kappa shape index (κ1) is 10.8. The molecule has 3 aromatic rings. The van der Waals surface area contributed by atoms with Gasteiger partial charge in [0.25, 0.3) is 0 Å². The normalized spacial score (nSPS) is 10.7. The predicted molar refractivity (Wildman–Crippen MR) is 67.7 cm³/mol. The Bertz CT molecular complexity index is 708. The van der Waals surface area contributed by atoms with Gasteiger partial charge in [-0.2, -0.15) is 0 Å². The van der Waals surface area contributed by atoms with E-state index in [1.165, 1.54) is 0 Å². The second-order valence-electron chi connectivity index (χ2n) is 3.74. The number of hydrazine groups is 1. The van der Waals surface area contributed by atoms with E-state index < -0.39 is 0 Å². The van der Waals surface area contributed by atoms with E-state index in [4.69, 9.17) is 15.2 Å². The maximum Gasteiger partial charge on any atom is 0.137 e. The highest BCUT2D eigenvalue weighted by atomic mass is 16.8. The zero-order chi connectivity index (χ0) is 12.4. The van der Waals surface area contributed by atoms with Crippen molar-refractivity contribution in [3.63, 3.8) is 0 Å². The van der Waals surface area contributed by atoms with Gasteiger partial charge >= 0.3 is 0 Å². The summed E-state index contributed by atoms with van der Waals surface area (Å²) in [5.41, 5.74) is 3.54. The molecule has 0 bridgehead atoms. The molecule has 5 heteroatoms. The maximum absolute atomic E-state index is 5.80. The third-order valence-electron chi connectivity index (χ3n) is 2.69. The van der Waals surface area contributed by atoms with Gasteiger partial charge in [-0.05, 0) is 24.3 Å². The van der Waals surface area contributed by atoms with Crippen molar-refractivity contribution in [1.82, 2.24) is 5.59 Å². The van der Waals surface area contributed by atoms with Crippen molar-refractivity contribution in [3.8, 4) is 0 Å². The lowest BCUT2D eigenvalue weighted by Gasteiger charge is -2.02. The molecule has 2 aromatic carbocycles. The van der Waals surface area contributed by atoms with Gasteiger partial charge in [0.05, 0.1) is 0 Å². The largest absolute Gasteiger partial charge is 0.456 e. The van der Waals surface area contributed by atoms with Gasteiger partial charge in [-0.15, -0.1) is 0 Å². The molecule has 1 heterocycles. The Morgan fingerprint density at radius 2 is 1.50 bits per heavy atom. The van der Waals surface area contributed by atoms with Gasteiger partial charge in [0.1, 0.15) is 16.5 Å². The van der Waals surface area contributed by atoms with Crippen molar-refractivity contribution < 1.29 is 9.36 Å². The quantitative estimate of drug-likeness (QED) is 0.407. The van der Waals surface area contributed by atoms with Gasteiger partial charge in [-0.1, -0.05) is 35.0 Å². The summed E-state index contributed by atoms with van der Waals surface area (Å²) in [6.07, 6.45) is 0. The Kier molecular flexibility index (Phi) is 2.68. The predicted octanol–water partition coefficient (Wildman–Crippen LogP) is 1.80. The first-order chi connectivity index (χ1) is 8.90. The summed E-state index contributed by atoms with van der Waals surface area (Å²) >= 11 is 0. The molecule has 0 saturated heterocycles. The fourth-order valence-electron chi connectivity index (χ4n) is 1.94. The van der Waals surface area contributed by atoms with Crippen molar-refractivity contribution in [2.45, 2.75) is 0 Å². The number of para-hydroxylation sites is 2. The van der Waals surface area contributed by atoms with E-state index in [1.54, 1.807) is 0 Å². The van der Waals surface area contributed by atoms with E-state index in [0.717, 1.165) is 21.9 Å². The van der Waals surface area contributed by atoms with Crippen molar-refractivity contribution in [3.05, 3.63) is 53.9 Å². The number of fused-ring (bicyclic) bond motifs is 2. The molecule has 0 amide bonds. The van der Waals surface area contributed by atoms with Gasteiger partial charge in [0, 0.05) is 10.8 Å². The van der Waals surface area contributed by atoms with Gasteiger partial charge in [0.15, 0.2) is 0 Å². The summed E-state index contributed by atoms with van der Waals surface area (Å²) in [5, 5.41) is 6.40. The van der Waals surface area contributed by atoms with E-state index in [-0.39, 0.29) is 0 Å². The second-order valence-corrected chi connectivity index (χ2v) is 3.74. The van der Waals surface area contributed by atoms with Gasteiger partial charge < -0.3 is 4.42 Å². The van der Waals surface area contributed by atoms with Crippen LogP contribution in [0.25, 0.3) is 21.9 Å². The molecule has 0 aliphatic heterocycles. The molecule has 18 heavy (non-hydrogen) atoms. The van der Waals surface area contributed by atoms with Crippen LogP contribution in [0.15, 0.2) is 58.1 Å². The molecule has 0 fully saturated rings. The lowest BCUT2D eigenvalue weighted by molar-refractivity contribution is 0.0391. The fraction of sp³-hybridized carbons (Fsp3) is 0. The molecule has 0 saturated carbocycles. The van der Waals surface area contributed by atoms with E-state index in [2.05, 4.69) is 5.16 Å². The van der Waals surface area contributed by atoms with E-state index in [9.17, 15) is 0 Å². The maximum atomic E-state index is 5.80. The molecule has 0 spiro atoms. The van der Waals surface area contributed by atoms with Crippen LogP contribution < -0.4 is 16.8 Å². The monoisotopic (exact) mass is 241 g/mol. The number of hydrogen-bond acceptors (Lipinski definition) is 5. The van der Waals surface area contributed by atoms with E-state index in [1.807, 2.05) is 54.1 Å². The van der Waals surface area contributed by atoms with Crippen LogP contribution in [0.3, 0.4) is 0 Å². The SMILES string of the molecule is NNON=c1c2ccccc2oc2ccccc12. The van der Waals surface area contributed by atoms with E-state index in [0.29, 0.717) is 5.36 Å². The average Bonchev–Trinajstić information content (AvgIpc) is 2.43. The van der Waals surface area contributed by atoms with Crippen LogP contribution in [0.4, 0.5) is 0 Å². The van der Waals surface area contributed by atoms with Gasteiger partial charge in [-0.3, -0.25) is 4.94 Å². The molecular formula is C13H11N3O2. The number of nitrogens with two attached hydrogens (primary N) is 1. The molecule has 0 atom stereocenters. The Hall–Kier alpha value is -2.37. The van der Waals surface area contributed by atoms with E-state index >= 15 is 0 Å². The Balaban J connectivity index is 2.50. The summed E-state index contributed by atoms with van der Waals surface area (Å²) in [4.78, 5) is 4.75. The lowest BCUT2D eigenvalue weighted by Crippen LogP contribution is -2.21. The highest BCUT2D eigenvalue weighted by Gasteiger charge is 2.05. The minimum absolute atomic E-state index is 0.686. The van der Waals surface area contributed by atoms with Crippen LogP contribution in [-0.4, -0.2) is 0 Å². The zero-order valence-electron chi connectivity index (χ0n) is 9.46. The molecule has 0 aliphatic rings. The number of nitrogens with zero attached hydrogens (tertiary/aromatic N) is 1. The van der Waals surface area contributed by atoms with Crippen LogP contribution in [0.2, 0.25) is 0 Å². The van der Waals surface area contributed by atoms with Crippen LogP contribution in [0, 0.1) is 0 Å². The van der Waals surface area contributed by atoms with Crippen molar-refractivity contribution in [2.75, 3.05) is 0 Å². The molecule has 3 N–H and O–H groups in total. The third-order valence-corrected chi connectivity index (χ3v) is 2.69. The van der Waals surface area contributed by atoms with Crippen molar-refractivity contribution >= 4 is 21.9 Å². The van der Waals surface area contributed by atoms with Crippen molar-refractivity contribution in [2.24, 2.45) is 11.0 Å². The standard InChI is InChI=1S/C13H11N3O2/c14-16-18-15-13-9-5-1-3-7-11(9)17-12-8-4-2-6-10(12)13/h1-8,16H,14H2. The van der Waals surface area contributed by atoms with Crippen molar-refractivity contribution in [1.29, 1.82) is 0 Å². The molecule has 0 aliphatic carbocycles. The smallest absolute Gasteiger partial charge is 0.137 e. The number of hydrogen-bond donors (Lipinski definition) is 2. The molecule has 0 unspecified atom stereocenters. The molecule has 90 valence electrons. The Morgan fingerprint density at radius 1 is 0.944 bits per heavy atom. The molecular weight excluding hydrogens is 230 g/mol. The topological polar surface area (TPSA) is 72.8 Å². The van der Waals surface area contributed by atoms with Crippen LogP contribution >= 0.6 is 0 Å². The summed E-state index contributed by atoms with van der Waals surface area (Å²) in [7, 11) is 0. The summed E-state index contributed by atoms with van der Waals surface area (Å²) < 4.78 is 5.80. The van der Waals surface area contributed by atoms with Gasteiger partial charge in [0.2, 0.25) is 0 Å². The number of nitrogens with one attached hydrogen (secondary N) is 1. The Morgan fingerprint density at radius 3 is 2.06 bits per heavy atom. The third kappa shape index (κ3) is 1.71. The highest BCUT2D eigenvalue weighted by molar-refractivity contribution is 5.89. The summed E-state index contributed by atoms with van der Waals surface area (Å²) in [6.45, 7) is 0. The first-order valence-corrected chi connectivity index (χ1v) is 5.46. The minimum atomic E-state index is 0.686. The number of rotatable bonds is 2. The average molecular weight is 241 g/mol. The minimum Gasteiger partial charge on any atom is -0.456 e. The molecule has 5 nitrogen and oxygen atoms in total. The zero-order valence-corrected chi connectivity index (χ0v) is 9.46. The van der Waals surface area contributed by atoms with Crippen LogP contribution in [-0.2, 0) is 4.94 Å². The number of benzene rings is 2. The summed E-state index contributed by atoms with van der Waals surface area (Å²) in [6, 6.07) is 15.3. The fourth-order valence-corrected chi connectivity index (χ4v) is 1.94. The first-order valence-electron chi connectivity index (χ1n) is 5.46. The molecule has 3 rings (SSSR count). The Labute approximate surface area is 102 Å². The van der Waals surface area contributed by atoms with Crippen LogP contribution in [0.5, 0.6) is 0 Å².